The van der Waals surface area contributed by atoms with Gasteiger partial charge in [0.1, 0.15) is 4.90 Å². The van der Waals surface area contributed by atoms with Crippen molar-refractivity contribution in [2.24, 2.45) is 0 Å². The average molecular weight is 534 g/mol. The van der Waals surface area contributed by atoms with E-state index in [1.54, 1.807) is 0 Å². The Kier molecular flexibility index (Phi) is 8.64. The molecule has 1 aliphatic rings. The van der Waals surface area contributed by atoms with Gasteiger partial charge in [-0.15, -0.1) is 0 Å². The molecule has 178 valence electrons. The number of nitrogens with one attached hydrogen (secondary N) is 1. The van der Waals surface area contributed by atoms with Gasteiger partial charge in [-0.1, -0.05) is 47.6 Å². The number of rotatable bonds is 6. The highest BCUT2D eigenvalue weighted by Gasteiger charge is 2.29. The summed E-state index contributed by atoms with van der Waals surface area (Å²) in [6.45, 7) is 2.19. The molecular formula is C22H23Cl3N2O5S. The summed E-state index contributed by atoms with van der Waals surface area (Å²) in [6, 6.07) is 8.39. The van der Waals surface area contributed by atoms with Crippen LogP contribution in [0, 0.1) is 0 Å². The molecule has 1 fully saturated rings. The van der Waals surface area contributed by atoms with Gasteiger partial charge in [-0.2, -0.15) is 4.31 Å². The molecule has 0 aromatic heterocycles. The van der Waals surface area contributed by atoms with Gasteiger partial charge in [0.05, 0.1) is 10.6 Å². The van der Waals surface area contributed by atoms with Crippen molar-refractivity contribution in [2.45, 2.75) is 43.6 Å². The van der Waals surface area contributed by atoms with Gasteiger partial charge in [0.25, 0.3) is 5.91 Å². The van der Waals surface area contributed by atoms with Crippen LogP contribution in [-0.4, -0.2) is 43.8 Å². The predicted octanol–water partition coefficient (Wildman–Crippen LogP) is 5.40. The van der Waals surface area contributed by atoms with E-state index in [4.69, 9.17) is 39.5 Å². The molecule has 1 N–H and O–H groups in total. The van der Waals surface area contributed by atoms with Gasteiger partial charge < -0.3 is 10.1 Å². The number of carbonyl (C=O) groups is 2. The molecule has 11 heteroatoms. The minimum atomic E-state index is -3.88. The van der Waals surface area contributed by atoms with Crippen molar-refractivity contribution in [3.05, 3.63) is 57.0 Å². The number of sulfonamides is 1. The molecule has 7 nitrogen and oxygen atoms in total. The number of hydrogen-bond donors (Lipinski definition) is 1. The fourth-order valence-electron chi connectivity index (χ4n) is 3.40. The lowest BCUT2D eigenvalue weighted by atomic mass is 10.2. The number of amides is 1. The first-order chi connectivity index (χ1) is 15.6. The Hall–Kier alpha value is -1.84. The van der Waals surface area contributed by atoms with Crippen LogP contribution in [0.4, 0.5) is 5.69 Å². The lowest BCUT2D eigenvalue weighted by Gasteiger charge is -2.21. The maximum Gasteiger partial charge on any atom is 0.338 e. The van der Waals surface area contributed by atoms with Crippen molar-refractivity contribution in [3.63, 3.8) is 0 Å². The Balaban J connectivity index is 1.74. The van der Waals surface area contributed by atoms with Crippen LogP contribution < -0.4 is 5.32 Å². The average Bonchev–Trinajstić information content (AvgIpc) is 3.03. The normalized spacial score (nSPS) is 16.0. The molecule has 3 rings (SSSR count). The SMILES string of the molecule is C[C@H](OC(=O)c1ccc(Cl)c(S(=O)(=O)N2CCCCCC2)c1)C(=O)Nc1cc(Cl)cc(Cl)c1. The molecule has 1 heterocycles. The Bertz CT molecular complexity index is 1130. The highest BCUT2D eigenvalue weighted by molar-refractivity contribution is 7.89. The van der Waals surface area contributed by atoms with Crippen molar-refractivity contribution in [3.8, 4) is 0 Å². The van der Waals surface area contributed by atoms with Crippen LogP contribution >= 0.6 is 34.8 Å². The van der Waals surface area contributed by atoms with E-state index in [0.717, 1.165) is 25.7 Å². The van der Waals surface area contributed by atoms with E-state index in [1.165, 1.54) is 47.6 Å². The van der Waals surface area contributed by atoms with E-state index in [1.807, 2.05) is 0 Å². The quantitative estimate of drug-likeness (QED) is 0.502. The van der Waals surface area contributed by atoms with Crippen LogP contribution in [0.3, 0.4) is 0 Å². The summed E-state index contributed by atoms with van der Waals surface area (Å²) in [6.07, 6.45) is 2.30. The molecule has 2 aromatic carbocycles. The Morgan fingerprint density at radius 1 is 0.970 bits per heavy atom. The molecule has 0 aliphatic carbocycles. The lowest BCUT2D eigenvalue weighted by molar-refractivity contribution is -0.123. The standard InChI is InChI=1S/C22H23Cl3N2O5S/c1-14(21(28)26-18-12-16(23)11-17(24)13-18)32-22(29)15-6-7-19(25)20(10-15)33(30,31)27-8-4-2-3-5-9-27/h6-7,10-14H,2-5,8-9H2,1H3,(H,26,28)/t14-/m0/s1. The molecule has 1 saturated heterocycles. The maximum absolute atomic E-state index is 13.1. The summed E-state index contributed by atoms with van der Waals surface area (Å²) in [5.41, 5.74) is 0.316. The summed E-state index contributed by atoms with van der Waals surface area (Å²) in [7, 11) is -3.88. The minimum absolute atomic E-state index is 0.0134. The van der Waals surface area contributed by atoms with Gasteiger partial charge in [-0.3, -0.25) is 4.79 Å². The van der Waals surface area contributed by atoms with Gasteiger partial charge in [-0.05, 0) is 56.2 Å². The molecule has 1 amide bonds. The summed E-state index contributed by atoms with van der Waals surface area (Å²) in [5, 5.41) is 3.25. The Morgan fingerprint density at radius 3 is 2.18 bits per heavy atom. The highest BCUT2D eigenvalue weighted by atomic mass is 35.5. The maximum atomic E-state index is 13.1. The molecule has 1 atom stereocenters. The Morgan fingerprint density at radius 2 is 1.58 bits per heavy atom. The minimum Gasteiger partial charge on any atom is -0.449 e. The van der Waals surface area contributed by atoms with Gasteiger partial charge in [-0.25, -0.2) is 13.2 Å². The zero-order valence-electron chi connectivity index (χ0n) is 17.8. The second-order valence-electron chi connectivity index (χ2n) is 7.66. The fourth-order valence-corrected chi connectivity index (χ4v) is 5.94. The van der Waals surface area contributed by atoms with Gasteiger partial charge in [0.15, 0.2) is 6.10 Å². The van der Waals surface area contributed by atoms with Crippen molar-refractivity contribution in [1.29, 1.82) is 0 Å². The predicted molar refractivity (Wildman–Crippen MR) is 129 cm³/mol. The van der Waals surface area contributed by atoms with Crippen molar-refractivity contribution in [1.82, 2.24) is 4.31 Å². The fraction of sp³-hybridized carbons (Fsp3) is 0.364. The van der Waals surface area contributed by atoms with E-state index < -0.39 is 28.0 Å². The zero-order valence-corrected chi connectivity index (χ0v) is 20.9. The van der Waals surface area contributed by atoms with Crippen LogP contribution in [0.25, 0.3) is 0 Å². The Labute approximate surface area is 208 Å². The number of nitrogens with zero attached hydrogens (tertiary/aromatic N) is 1. The third-order valence-electron chi connectivity index (χ3n) is 5.13. The van der Waals surface area contributed by atoms with E-state index in [0.29, 0.717) is 28.8 Å². The van der Waals surface area contributed by atoms with Crippen LogP contribution in [-0.2, 0) is 19.6 Å². The van der Waals surface area contributed by atoms with Crippen LogP contribution in [0.5, 0.6) is 0 Å². The first-order valence-corrected chi connectivity index (χ1v) is 12.9. The molecule has 0 saturated carbocycles. The smallest absolute Gasteiger partial charge is 0.338 e. The van der Waals surface area contributed by atoms with E-state index in [2.05, 4.69) is 5.32 Å². The van der Waals surface area contributed by atoms with Crippen LogP contribution in [0.2, 0.25) is 15.1 Å². The van der Waals surface area contributed by atoms with Gasteiger partial charge in [0, 0.05) is 28.8 Å². The van der Waals surface area contributed by atoms with E-state index in [-0.39, 0.29) is 15.5 Å². The number of ether oxygens (including phenoxy) is 1. The number of benzene rings is 2. The molecular weight excluding hydrogens is 511 g/mol. The number of hydrogen-bond acceptors (Lipinski definition) is 5. The largest absolute Gasteiger partial charge is 0.449 e. The van der Waals surface area contributed by atoms with Gasteiger partial charge in [0.2, 0.25) is 10.0 Å². The van der Waals surface area contributed by atoms with Crippen LogP contribution in [0.1, 0.15) is 43.0 Å². The van der Waals surface area contributed by atoms with Crippen molar-refractivity contribution in [2.75, 3.05) is 18.4 Å². The highest BCUT2D eigenvalue weighted by Crippen LogP contribution is 2.28. The van der Waals surface area contributed by atoms with Crippen molar-refractivity contribution >= 4 is 62.4 Å². The monoisotopic (exact) mass is 532 g/mol. The number of esters is 1. The van der Waals surface area contributed by atoms with Gasteiger partial charge >= 0.3 is 5.97 Å². The second kappa shape index (κ2) is 11.1. The summed E-state index contributed by atoms with van der Waals surface area (Å²) in [4.78, 5) is 24.9. The zero-order chi connectivity index (χ0) is 24.2. The first-order valence-electron chi connectivity index (χ1n) is 10.4. The number of anilines is 1. The van der Waals surface area contributed by atoms with Crippen LogP contribution in [0.15, 0.2) is 41.3 Å². The van der Waals surface area contributed by atoms with E-state index >= 15 is 0 Å². The second-order valence-corrected chi connectivity index (χ2v) is 10.8. The molecule has 0 radical (unpaired) electrons. The first kappa shape index (κ1) is 25.8. The molecule has 0 spiro atoms. The number of halogens is 3. The summed E-state index contributed by atoms with van der Waals surface area (Å²) < 4.78 is 32.9. The lowest BCUT2D eigenvalue weighted by Crippen LogP contribution is -2.32. The molecule has 1 aliphatic heterocycles. The molecule has 2 aromatic rings. The van der Waals surface area contributed by atoms with E-state index in [9.17, 15) is 18.0 Å². The molecule has 33 heavy (non-hydrogen) atoms. The summed E-state index contributed by atoms with van der Waals surface area (Å²) in [5.74, 6) is -1.46. The molecule has 0 bridgehead atoms. The summed E-state index contributed by atoms with van der Waals surface area (Å²) >= 11 is 18.0. The third-order valence-corrected chi connectivity index (χ3v) is 7.95. The number of carbonyl (C=O) groups excluding carboxylic acids is 2. The molecule has 0 unspecified atom stereocenters. The third kappa shape index (κ3) is 6.61. The topological polar surface area (TPSA) is 92.8 Å². The van der Waals surface area contributed by atoms with Crippen molar-refractivity contribution < 1.29 is 22.7 Å².